The van der Waals surface area contributed by atoms with Crippen molar-refractivity contribution >= 4 is 11.8 Å². The Balaban J connectivity index is 1.70. The largest absolute Gasteiger partial charge is 0.467 e. The molecule has 4 aromatic rings. The predicted octanol–water partition coefficient (Wildman–Crippen LogP) is 3.91. The van der Waals surface area contributed by atoms with Gasteiger partial charge in [0.15, 0.2) is 0 Å². The molecule has 4 rings (SSSR count). The van der Waals surface area contributed by atoms with Crippen molar-refractivity contribution in [1.82, 2.24) is 20.2 Å². The van der Waals surface area contributed by atoms with Crippen molar-refractivity contribution in [3.63, 3.8) is 0 Å². The fraction of sp³-hybridized carbons (Fsp3) is 0.120. The summed E-state index contributed by atoms with van der Waals surface area (Å²) in [5.41, 5.74) is 1.43. The van der Waals surface area contributed by atoms with Crippen LogP contribution in [0.5, 0.6) is 0 Å². The van der Waals surface area contributed by atoms with E-state index in [2.05, 4.69) is 15.3 Å². The summed E-state index contributed by atoms with van der Waals surface area (Å²) in [6.45, 7) is 0.272. The first-order valence-electron chi connectivity index (χ1n) is 10.3. The Hall–Kier alpha value is -4.33. The van der Waals surface area contributed by atoms with E-state index in [0.29, 0.717) is 11.3 Å². The maximum absolute atomic E-state index is 13.6. The number of nitrogens with one attached hydrogen (secondary N) is 1. The van der Waals surface area contributed by atoms with Gasteiger partial charge < -0.3 is 14.6 Å². The van der Waals surface area contributed by atoms with Crippen LogP contribution in [0.1, 0.15) is 33.4 Å². The number of hydrogen-bond acceptors (Lipinski definition) is 5. The summed E-state index contributed by atoms with van der Waals surface area (Å²) in [7, 11) is 0. The molecule has 0 saturated carbocycles. The van der Waals surface area contributed by atoms with Crippen molar-refractivity contribution in [1.29, 1.82) is 0 Å². The van der Waals surface area contributed by atoms with Crippen LogP contribution in [0.15, 0.2) is 96.0 Å². The van der Waals surface area contributed by atoms with Gasteiger partial charge in [-0.15, -0.1) is 0 Å². The zero-order valence-electron chi connectivity index (χ0n) is 17.6. The molecule has 0 fully saturated rings. The molecule has 0 aliphatic heterocycles. The fourth-order valence-corrected chi connectivity index (χ4v) is 3.41. The van der Waals surface area contributed by atoms with E-state index in [4.69, 9.17) is 4.42 Å². The average molecular weight is 444 g/mol. The lowest BCUT2D eigenvalue weighted by Crippen LogP contribution is -2.43. The molecular weight excluding hydrogens is 423 g/mol. The first-order chi connectivity index (χ1) is 16.1. The highest BCUT2D eigenvalue weighted by Crippen LogP contribution is 2.26. The molecule has 0 bridgehead atoms. The highest BCUT2D eigenvalue weighted by molar-refractivity contribution is 5.96. The Morgan fingerprint density at radius 1 is 1.00 bits per heavy atom. The molecule has 0 saturated heterocycles. The van der Waals surface area contributed by atoms with Gasteiger partial charge in [0.25, 0.3) is 5.91 Å². The van der Waals surface area contributed by atoms with Crippen LogP contribution in [0.25, 0.3) is 0 Å². The van der Waals surface area contributed by atoms with Crippen LogP contribution >= 0.6 is 0 Å². The maximum atomic E-state index is 13.6. The summed E-state index contributed by atoms with van der Waals surface area (Å²) in [5.74, 6) is -0.895. The van der Waals surface area contributed by atoms with E-state index in [1.54, 1.807) is 12.1 Å². The summed E-state index contributed by atoms with van der Waals surface area (Å²) >= 11 is 0. The van der Waals surface area contributed by atoms with Crippen LogP contribution in [-0.4, -0.2) is 26.7 Å². The van der Waals surface area contributed by atoms with Gasteiger partial charge in [-0.2, -0.15) is 0 Å². The van der Waals surface area contributed by atoms with Crippen molar-refractivity contribution in [2.45, 2.75) is 19.1 Å². The Morgan fingerprint density at radius 3 is 2.45 bits per heavy atom. The minimum atomic E-state index is -1.06. The maximum Gasteiger partial charge on any atom is 0.275 e. The van der Waals surface area contributed by atoms with Gasteiger partial charge in [-0.1, -0.05) is 42.5 Å². The number of furan rings is 1. The van der Waals surface area contributed by atoms with Crippen LogP contribution < -0.4 is 5.32 Å². The minimum Gasteiger partial charge on any atom is -0.467 e. The van der Waals surface area contributed by atoms with Gasteiger partial charge in [0.1, 0.15) is 23.3 Å². The number of benzene rings is 2. The molecule has 33 heavy (non-hydrogen) atoms. The Bertz CT molecular complexity index is 1180. The van der Waals surface area contributed by atoms with E-state index in [1.807, 2.05) is 30.3 Å². The third kappa shape index (κ3) is 5.48. The molecule has 0 aliphatic carbocycles. The summed E-state index contributed by atoms with van der Waals surface area (Å²) in [4.78, 5) is 36.3. The van der Waals surface area contributed by atoms with Crippen LogP contribution in [0.2, 0.25) is 0 Å². The number of nitrogens with zero attached hydrogens (tertiary/aromatic N) is 3. The zero-order valence-corrected chi connectivity index (χ0v) is 17.6. The van der Waals surface area contributed by atoms with E-state index >= 15 is 0 Å². The molecule has 166 valence electrons. The quantitative estimate of drug-likeness (QED) is 0.445. The molecule has 1 N–H and O–H groups in total. The molecule has 0 aliphatic rings. The fourth-order valence-electron chi connectivity index (χ4n) is 3.41. The van der Waals surface area contributed by atoms with Crippen LogP contribution in [0.3, 0.4) is 0 Å². The highest BCUT2D eigenvalue weighted by atomic mass is 19.1. The summed E-state index contributed by atoms with van der Waals surface area (Å²) in [6, 6.07) is 17.2. The lowest BCUT2D eigenvalue weighted by Gasteiger charge is -2.30. The van der Waals surface area contributed by atoms with E-state index in [0.717, 1.165) is 5.56 Å². The van der Waals surface area contributed by atoms with Crippen LogP contribution in [0.4, 0.5) is 4.39 Å². The SMILES string of the molecule is O=C(NCc1ccccc1)[C@@H](c1ccc(F)cc1)N(Cc1ccco1)C(=O)c1cnccn1. The van der Waals surface area contributed by atoms with Crippen LogP contribution in [-0.2, 0) is 17.9 Å². The van der Waals surface area contributed by atoms with Crippen molar-refractivity contribution < 1.29 is 18.4 Å². The number of aromatic nitrogens is 2. The number of amides is 2. The first-order valence-corrected chi connectivity index (χ1v) is 10.3. The topological polar surface area (TPSA) is 88.3 Å². The van der Waals surface area contributed by atoms with Gasteiger partial charge in [-0.25, -0.2) is 9.37 Å². The van der Waals surface area contributed by atoms with Crippen LogP contribution in [0, 0.1) is 5.82 Å². The number of carbonyl (C=O) groups excluding carboxylic acids is 2. The van der Waals surface area contributed by atoms with E-state index in [1.165, 1.54) is 54.0 Å². The lowest BCUT2D eigenvalue weighted by atomic mass is 10.0. The van der Waals surface area contributed by atoms with Gasteiger partial charge in [0.05, 0.1) is 19.0 Å². The normalized spacial score (nSPS) is 11.5. The molecule has 8 heteroatoms. The smallest absolute Gasteiger partial charge is 0.275 e. The third-order valence-corrected chi connectivity index (χ3v) is 5.00. The second-order valence-corrected chi connectivity index (χ2v) is 7.26. The molecular formula is C25H21FN4O3. The number of halogens is 1. The van der Waals surface area contributed by atoms with E-state index in [9.17, 15) is 14.0 Å². The standard InChI is InChI=1S/C25H21FN4O3/c26-20-10-8-19(9-11-20)23(24(31)29-15-18-5-2-1-3-6-18)30(17-21-7-4-14-33-21)25(32)22-16-27-12-13-28-22/h1-14,16,23H,15,17H2,(H,29,31)/t23-/m1/s1. The molecule has 2 amide bonds. The molecule has 2 heterocycles. The third-order valence-electron chi connectivity index (χ3n) is 5.00. The summed E-state index contributed by atoms with van der Waals surface area (Å²) in [5, 5.41) is 2.89. The Labute approximate surface area is 189 Å². The number of carbonyl (C=O) groups is 2. The molecule has 0 unspecified atom stereocenters. The van der Waals surface area contributed by atoms with Gasteiger partial charge in [0, 0.05) is 18.9 Å². The first kappa shape index (κ1) is 21.9. The van der Waals surface area contributed by atoms with Gasteiger partial charge in [0.2, 0.25) is 5.91 Å². The highest BCUT2D eigenvalue weighted by Gasteiger charge is 2.33. The van der Waals surface area contributed by atoms with E-state index in [-0.39, 0.29) is 18.8 Å². The second kappa shape index (κ2) is 10.3. The average Bonchev–Trinajstić information content (AvgIpc) is 3.37. The van der Waals surface area contributed by atoms with E-state index < -0.39 is 23.7 Å². The monoisotopic (exact) mass is 444 g/mol. The predicted molar refractivity (Wildman–Crippen MR) is 118 cm³/mol. The van der Waals surface area contributed by atoms with Gasteiger partial charge in [-0.3, -0.25) is 14.6 Å². The van der Waals surface area contributed by atoms with Crippen molar-refractivity contribution in [3.8, 4) is 0 Å². The molecule has 7 nitrogen and oxygen atoms in total. The molecule has 2 aromatic carbocycles. The number of hydrogen-bond donors (Lipinski definition) is 1. The minimum absolute atomic E-state index is 0.00318. The second-order valence-electron chi connectivity index (χ2n) is 7.26. The molecule has 0 spiro atoms. The Morgan fingerprint density at radius 2 is 1.79 bits per heavy atom. The molecule has 2 aromatic heterocycles. The zero-order chi connectivity index (χ0) is 23.0. The lowest BCUT2D eigenvalue weighted by molar-refractivity contribution is -0.126. The van der Waals surface area contributed by atoms with Gasteiger partial charge in [-0.05, 0) is 35.4 Å². The molecule has 1 atom stereocenters. The Kier molecular flexibility index (Phi) is 6.84. The summed E-state index contributed by atoms with van der Waals surface area (Å²) < 4.78 is 19.1. The van der Waals surface area contributed by atoms with Crippen molar-refractivity contribution in [2.24, 2.45) is 0 Å². The summed E-state index contributed by atoms with van der Waals surface area (Å²) in [6.07, 6.45) is 5.68. The van der Waals surface area contributed by atoms with Crippen molar-refractivity contribution in [2.75, 3.05) is 0 Å². The molecule has 0 radical (unpaired) electrons. The number of rotatable bonds is 8. The van der Waals surface area contributed by atoms with Gasteiger partial charge >= 0.3 is 0 Å². The van der Waals surface area contributed by atoms with Crippen molar-refractivity contribution in [3.05, 3.63) is 120 Å².